The van der Waals surface area contributed by atoms with Crippen LogP contribution >= 0.6 is 0 Å². The molecule has 0 aliphatic rings. The van der Waals surface area contributed by atoms with Crippen LogP contribution in [0.1, 0.15) is 55.4 Å². The van der Waals surface area contributed by atoms with Crippen molar-refractivity contribution in [3.05, 3.63) is 0 Å². The minimum atomic E-state index is -4.82. The molecule has 0 aromatic carbocycles. The Kier molecular flexibility index (Phi) is 10.1. The van der Waals surface area contributed by atoms with Gasteiger partial charge in [0.25, 0.3) is 0 Å². The van der Waals surface area contributed by atoms with Crippen molar-refractivity contribution >= 4 is 23.1 Å². The van der Waals surface area contributed by atoms with E-state index in [1.54, 1.807) is 27.7 Å². The maximum absolute atomic E-state index is 11.8. The molecule has 0 heterocycles. The van der Waals surface area contributed by atoms with Crippen molar-refractivity contribution in [2.24, 2.45) is 0 Å². The van der Waals surface area contributed by atoms with Gasteiger partial charge in [0, 0.05) is 0 Å². The molecule has 0 spiro atoms. The first-order valence-corrected chi connectivity index (χ1v) is 10.6. The molecule has 0 radical (unpaired) electrons. The zero-order valence-electron chi connectivity index (χ0n) is 16.1. The van der Waals surface area contributed by atoms with E-state index in [-0.39, 0.29) is 0 Å². The average molecular weight is 396 g/mol. The van der Waals surface area contributed by atoms with E-state index in [9.17, 15) is 19.2 Å². The van der Waals surface area contributed by atoms with Crippen molar-refractivity contribution < 1.29 is 50.6 Å². The van der Waals surface area contributed by atoms with E-state index in [0.717, 1.165) is 0 Å². The molecule has 0 amide bonds. The molecule has 0 rings (SSSR count). The van der Waals surface area contributed by atoms with Crippen LogP contribution in [0.3, 0.4) is 0 Å². The summed E-state index contributed by atoms with van der Waals surface area (Å²) >= 11 is -4.82. The van der Waals surface area contributed by atoms with Crippen LogP contribution in [0.5, 0.6) is 0 Å². The number of hydrogen-bond acceptors (Lipinski definition) is 8. The van der Waals surface area contributed by atoms with Gasteiger partial charge in [-0.1, -0.05) is 0 Å². The molecule has 0 aromatic rings. The number of hydrogen-bond donors (Lipinski definition) is 0. The van der Waals surface area contributed by atoms with E-state index in [1.165, 1.54) is 27.7 Å². The number of Topliss-reactive ketones (excluding diaryl/α,β-unsaturated/α-hetero) is 4. The summed E-state index contributed by atoms with van der Waals surface area (Å²) in [5.74, 6) is -2.19. The second kappa shape index (κ2) is 10.4. The number of carbonyl (C=O) groups is 4. The molecule has 9 heteroatoms. The van der Waals surface area contributed by atoms with Gasteiger partial charge in [0.1, 0.15) is 0 Å². The quantitative estimate of drug-likeness (QED) is 0.363. The molecule has 0 saturated heterocycles. The maximum atomic E-state index is 11.8. The first-order chi connectivity index (χ1) is 11.3. The van der Waals surface area contributed by atoms with Crippen LogP contribution in [0, 0.1) is 0 Å². The molecule has 0 unspecified atom stereocenters. The summed E-state index contributed by atoms with van der Waals surface area (Å²) in [6.07, 6.45) is -3.79. The van der Waals surface area contributed by atoms with Gasteiger partial charge in [-0.2, -0.15) is 0 Å². The number of ketones is 4. The van der Waals surface area contributed by atoms with Crippen molar-refractivity contribution in [1.29, 1.82) is 0 Å². The van der Waals surface area contributed by atoms with E-state index < -0.39 is 65.7 Å². The topological polar surface area (TPSA) is 105 Å². The van der Waals surface area contributed by atoms with Crippen LogP contribution in [-0.4, -0.2) is 47.5 Å². The Labute approximate surface area is 153 Å². The van der Waals surface area contributed by atoms with Crippen molar-refractivity contribution in [2.75, 3.05) is 0 Å². The second-order valence-electron chi connectivity index (χ2n) is 6.27. The Hall–Kier alpha value is -0.766. The third-order valence-corrected chi connectivity index (χ3v) is 6.77. The van der Waals surface area contributed by atoms with Crippen molar-refractivity contribution in [3.63, 3.8) is 0 Å². The standard InChI is InChI=1S/2C5H7O3.2C3H7O.Ti/c2*1-3(6)5(8)4(2)7;2*1-3(2)4;/h2*5H,1-2H3;2*3H,1-2H3;/q4*-1;+4. The van der Waals surface area contributed by atoms with Gasteiger partial charge in [-0.25, -0.2) is 0 Å². The van der Waals surface area contributed by atoms with Gasteiger partial charge in [-0.15, -0.1) is 0 Å². The van der Waals surface area contributed by atoms with Gasteiger partial charge in [0.05, 0.1) is 0 Å². The summed E-state index contributed by atoms with van der Waals surface area (Å²) in [5, 5.41) is 0. The van der Waals surface area contributed by atoms with Gasteiger partial charge in [-0.05, 0) is 0 Å². The third kappa shape index (κ3) is 8.44. The zero-order valence-corrected chi connectivity index (χ0v) is 17.6. The van der Waals surface area contributed by atoms with Gasteiger partial charge in [0.2, 0.25) is 0 Å². The fraction of sp³-hybridized carbons (Fsp3) is 0.750. The van der Waals surface area contributed by atoms with Gasteiger partial charge < -0.3 is 0 Å². The van der Waals surface area contributed by atoms with E-state index in [2.05, 4.69) is 0 Å². The predicted molar refractivity (Wildman–Crippen MR) is 84.9 cm³/mol. The summed E-state index contributed by atoms with van der Waals surface area (Å²) < 4.78 is 22.7. The fourth-order valence-corrected chi connectivity index (χ4v) is 6.20. The number of carbonyl (C=O) groups excluding carboxylic acids is 4. The Morgan fingerprint density at radius 2 is 0.800 bits per heavy atom. The number of rotatable bonds is 12. The normalized spacial score (nSPS) is 12.3. The van der Waals surface area contributed by atoms with Gasteiger partial charge in [-0.3, -0.25) is 0 Å². The van der Waals surface area contributed by atoms with Crippen LogP contribution in [0.2, 0.25) is 0 Å². The summed E-state index contributed by atoms with van der Waals surface area (Å²) in [7, 11) is 0. The molecule has 0 fully saturated rings. The molecule has 0 aromatic heterocycles. The zero-order chi connectivity index (χ0) is 19.9. The van der Waals surface area contributed by atoms with Crippen LogP contribution in [-0.2, 0) is 50.6 Å². The van der Waals surface area contributed by atoms with E-state index >= 15 is 0 Å². The Balaban J connectivity index is 6.01. The molecule has 0 saturated carbocycles. The summed E-state index contributed by atoms with van der Waals surface area (Å²) in [6, 6.07) is 0. The molecule has 144 valence electrons. The first kappa shape index (κ1) is 24.2. The van der Waals surface area contributed by atoms with Crippen molar-refractivity contribution in [3.8, 4) is 0 Å². The molecular formula is C16H28O8Ti. The molecular weight excluding hydrogens is 368 g/mol. The minimum absolute atomic E-state index is 0.446. The van der Waals surface area contributed by atoms with E-state index in [0.29, 0.717) is 0 Å². The molecule has 8 nitrogen and oxygen atoms in total. The Bertz CT molecular complexity index is 440. The summed E-state index contributed by atoms with van der Waals surface area (Å²) in [4.78, 5) is 47.1. The summed E-state index contributed by atoms with van der Waals surface area (Å²) in [6.45, 7) is 11.5. The van der Waals surface area contributed by atoms with Crippen LogP contribution in [0.25, 0.3) is 0 Å². The average Bonchev–Trinajstić information content (AvgIpc) is 2.39. The second-order valence-corrected chi connectivity index (χ2v) is 9.31. The monoisotopic (exact) mass is 396 g/mol. The fourth-order valence-electron chi connectivity index (χ4n) is 1.94. The Morgan fingerprint density at radius 1 is 0.560 bits per heavy atom. The van der Waals surface area contributed by atoms with Crippen molar-refractivity contribution in [1.82, 2.24) is 0 Å². The SMILES string of the molecule is CC(=O)C([O][Ti]([O]C(C)C)([O]C(C)C)[O]C(C(C)=O)C(C)=O)C(C)=O. The van der Waals surface area contributed by atoms with Crippen molar-refractivity contribution in [2.45, 2.75) is 79.8 Å². The molecule has 0 aliphatic heterocycles. The van der Waals surface area contributed by atoms with E-state index in [4.69, 9.17) is 13.3 Å². The van der Waals surface area contributed by atoms with Crippen LogP contribution in [0.4, 0.5) is 0 Å². The summed E-state index contributed by atoms with van der Waals surface area (Å²) in [5.41, 5.74) is 0. The van der Waals surface area contributed by atoms with Gasteiger partial charge >= 0.3 is 154 Å². The predicted octanol–water partition coefficient (Wildman–Crippen LogP) is 1.78. The molecule has 0 bridgehead atoms. The third-order valence-electron chi connectivity index (χ3n) is 2.76. The van der Waals surface area contributed by atoms with Crippen LogP contribution in [0.15, 0.2) is 0 Å². The first-order valence-electron chi connectivity index (χ1n) is 8.04. The molecule has 0 N–H and O–H groups in total. The Morgan fingerprint density at radius 3 is 0.960 bits per heavy atom. The molecule has 0 aliphatic carbocycles. The molecule has 0 atom stereocenters. The van der Waals surface area contributed by atoms with Crippen LogP contribution < -0.4 is 0 Å². The van der Waals surface area contributed by atoms with Gasteiger partial charge in [0.15, 0.2) is 0 Å². The van der Waals surface area contributed by atoms with E-state index in [1.807, 2.05) is 0 Å². The molecule has 25 heavy (non-hydrogen) atoms.